The lowest BCUT2D eigenvalue weighted by molar-refractivity contribution is -0.0828. The van der Waals surface area contributed by atoms with Gasteiger partial charge in [-0.2, -0.15) is 0 Å². The van der Waals surface area contributed by atoms with E-state index in [1.807, 2.05) is 0 Å². The molecule has 0 bridgehead atoms. The lowest BCUT2D eigenvalue weighted by Crippen LogP contribution is -2.49. The van der Waals surface area contributed by atoms with E-state index in [0.717, 1.165) is 25.4 Å². The summed E-state index contributed by atoms with van der Waals surface area (Å²) in [6, 6.07) is 0.253. The van der Waals surface area contributed by atoms with Gasteiger partial charge in [0.25, 0.3) is 0 Å². The Morgan fingerprint density at radius 3 is 2.79 bits per heavy atom. The Balaban J connectivity index is 1.77. The number of rotatable bonds is 4. The highest BCUT2D eigenvalue weighted by Gasteiger charge is 2.35. The first-order valence-electron chi connectivity index (χ1n) is 6.10. The van der Waals surface area contributed by atoms with Gasteiger partial charge in [-0.15, -0.1) is 0 Å². The summed E-state index contributed by atoms with van der Waals surface area (Å²) in [4.78, 5) is 0. The van der Waals surface area contributed by atoms with E-state index >= 15 is 0 Å². The van der Waals surface area contributed by atoms with Crippen molar-refractivity contribution in [2.24, 2.45) is 11.7 Å². The SMILES string of the molecule is CC1(C(N)CCC2CC2)CCCCO1. The van der Waals surface area contributed by atoms with E-state index in [4.69, 9.17) is 10.5 Å². The molecule has 1 aliphatic heterocycles. The molecule has 0 amide bonds. The maximum Gasteiger partial charge on any atom is 0.0804 e. The normalized spacial score (nSPS) is 35.6. The fraction of sp³-hybridized carbons (Fsp3) is 1.00. The number of ether oxygens (including phenoxy) is 1. The van der Waals surface area contributed by atoms with Crippen LogP contribution < -0.4 is 5.73 Å². The highest BCUT2D eigenvalue weighted by Crippen LogP contribution is 2.36. The second kappa shape index (κ2) is 4.19. The topological polar surface area (TPSA) is 35.2 Å². The molecule has 1 aliphatic carbocycles. The van der Waals surface area contributed by atoms with Gasteiger partial charge in [-0.05, 0) is 44.9 Å². The second-order valence-electron chi connectivity index (χ2n) is 5.25. The van der Waals surface area contributed by atoms with E-state index in [1.165, 1.54) is 32.1 Å². The van der Waals surface area contributed by atoms with E-state index in [9.17, 15) is 0 Å². The average molecular weight is 197 g/mol. The predicted octanol–water partition coefficient (Wildman–Crippen LogP) is 2.46. The van der Waals surface area contributed by atoms with Crippen LogP contribution in [-0.2, 0) is 4.74 Å². The fourth-order valence-corrected chi connectivity index (χ4v) is 2.38. The Labute approximate surface area is 87.2 Å². The average Bonchev–Trinajstić information content (AvgIpc) is 2.99. The molecule has 2 aliphatic rings. The van der Waals surface area contributed by atoms with E-state index in [2.05, 4.69) is 6.92 Å². The first-order chi connectivity index (χ1) is 6.71. The van der Waals surface area contributed by atoms with Crippen LogP contribution >= 0.6 is 0 Å². The third kappa shape index (κ3) is 2.48. The molecule has 2 fully saturated rings. The van der Waals surface area contributed by atoms with Crippen LogP contribution in [0.1, 0.15) is 51.9 Å². The van der Waals surface area contributed by atoms with Crippen molar-refractivity contribution in [3.8, 4) is 0 Å². The van der Waals surface area contributed by atoms with Gasteiger partial charge in [0.05, 0.1) is 5.60 Å². The zero-order valence-electron chi connectivity index (χ0n) is 9.30. The summed E-state index contributed by atoms with van der Waals surface area (Å²) in [7, 11) is 0. The molecule has 2 N–H and O–H groups in total. The minimum absolute atomic E-state index is 0.0207. The molecule has 0 aromatic heterocycles. The molecule has 0 aromatic carbocycles. The summed E-state index contributed by atoms with van der Waals surface area (Å²) < 4.78 is 5.85. The van der Waals surface area contributed by atoms with Gasteiger partial charge in [0.15, 0.2) is 0 Å². The lowest BCUT2D eigenvalue weighted by Gasteiger charge is -2.38. The van der Waals surface area contributed by atoms with Crippen molar-refractivity contribution in [3.63, 3.8) is 0 Å². The van der Waals surface area contributed by atoms with Gasteiger partial charge < -0.3 is 10.5 Å². The maximum atomic E-state index is 6.23. The molecule has 82 valence electrons. The fourth-order valence-electron chi connectivity index (χ4n) is 2.38. The summed E-state index contributed by atoms with van der Waals surface area (Å²) >= 11 is 0. The largest absolute Gasteiger partial charge is 0.374 e. The highest BCUT2D eigenvalue weighted by molar-refractivity contribution is 4.90. The first kappa shape index (κ1) is 10.4. The van der Waals surface area contributed by atoms with Crippen LogP contribution in [0.15, 0.2) is 0 Å². The summed E-state index contributed by atoms with van der Waals surface area (Å²) in [5.41, 5.74) is 6.21. The van der Waals surface area contributed by atoms with E-state index < -0.39 is 0 Å². The number of hydrogen-bond donors (Lipinski definition) is 1. The van der Waals surface area contributed by atoms with E-state index in [1.54, 1.807) is 0 Å². The van der Waals surface area contributed by atoms with Crippen molar-refractivity contribution < 1.29 is 4.74 Å². The van der Waals surface area contributed by atoms with E-state index in [-0.39, 0.29) is 11.6 Å². The molecule has 1 heterocycles. The smallest absolute Gasteiger partial charge is 0.0804 e. The number of hydrogen-bond acceptors (Lipinski definition) is 2. The quantitative estimate of drug-likeness (QED) is 0.751. The molecule has 2 unspecified atom stereocenters. The van der Waals surface area contributed by atoms with Gasteiger partial charge in [-0.3, -0.25) is 0 Å². The summed E-state index contributed by atoms with van der Waals surface area (Å²) in [6.45, 7) is 3.11. The van der Waals surface area contributed by atoms with Crippen LogP contribution in [0, 0.1) is 5.92 Å². The van der Waals surface area contributed by atoms with Gasteiger partial charge in [0, 0.05) is 12.6 Å². The van der Waals surface area contributed by atoms with Gasteiger partial charge in [0.1, 0.15) is 0 Å². The maximum absolute atomic E-state index is 6.23. The molecule has 0 spiro atoms. The van der Waals surface area contributed by atoms with Gasteiger partial charge in [-0.1, -0.05) is 12.8 Å². The Morgan fingerprint density at radius 2 is 2.21 bits per heavy atom. The van der Waals surface area contributed by atoms with Gasteiger partial charge >= 0.3 is 0 Å². The Kier molecular flexibility index (Phi) is 3.13. The molecule has 2 atom stereocenters. The number of nitrogens with two attached hydrogens (primary N) is 1. The monoisotopic (exact) mass is 197 g/mol. The second-order valence-corrected chi connectivity index (χ2v) is 5.25. The third-order valence-electron chi connectivity index (χ3n) is 3.87. The Hall–Kier alpha value is -0.0800. The molecule has 1 saturated carbocycles. The molecule has 0 radical (unpaired) electrons. The molecule has 2 heteroatoms. The summed E-state index contributed by atoms with van der Waals surface area (Å²) in [6.07, 6.45) is 8.99. The van der Waals surface area contributed by atoms with Crippen molar-refractivity contribution in [1.82, 2.24) is 0 Å². The highest BCUT2D eigenvalue weighted by atomic mass is 16.5. The van der Waals surface area contributed by atoms with Crippen molar-refractivity contribution in [2.75, 3.05) is 6.61 Å². The van der Waals surface area contributed by atoms with Crippen LogP contribution in [0.3, 0.4) is 0 Å². The van der Waals surface area contributed by atoms with Crippen LogP contribution in [0.4, 0.5) is 0 Å². The molecule has 14 heavy (non-hydrogen) atoms. The molecular formula is C12H23NO. The first-order valence-corrected chi connectivity index (χ1v) is 6.10. The van der Waals surface area contributed by atoms with Gasteiger partial charge in [0.2, 0.25) is 0 Å². The molecule has 0 aromatic rings. The third-order valence-corrected chi connectivity index (χ3v) is 3.87. The predicted molar refractivity (Wildman–Crippen MR) is 58.1 cm³/mol. The Bertz CT molecular complexity index is 183. The van der Waals surface area contributed by atoms with Crippen LogP contribution in [0.2, 0.25) is 0 Å². The van der Waals surface area contributed by atoms with Gasteiger partial charge in [-0.25, -0.2) is 0 Å². The minimum atomic E-state index is -0.0207. The van der Waals surface area contributed by atoms with Crippen LogP contribution in [0.5, 0.6) is 0 Å². The van der Waals surface area contributed by atoms with Crippen LogP contribution in [-0.4, -0.2) is 18.2 Å². The zero-order valence-corrected chi connectivity index (χ0v) is 9.30. The molecule has 2 rings (SSSR count). The minimum Gasteiger partial charge on any atom is -0.374 e. The van der Waals surface area contributed by atoms with E-state index in [0.29, 0.717) is 0 Å². The van der Waals surface area contributed by atoms with Crippen molar-refractivity contribution in [3.05, 3.63) is 0 Å². The lowest BCUT2D eigenvalue weighted by atomic mass is 9.86. The molecular weight excluding hydrogens is 174 g/mol. The zero-order chi connectivity index (χ0) is 10.0. The summed E-state index contributed by atoms with van der Waals surface area (Å²) in [5.74, 6) is 0.994. The van der Waals surface area contributed by atoms with Crippen molar-refractivity contribution in [2.45, 2.75) is 63.5 Å². The molecule has 2 nitrogen and oxygen atoms in total. The Morgan fingerprint density at radius 1 is 1.43 bits per heavy atom. The standard InChI is InChI=1S/C12H23NO/c1-12(8-2-3-9-14-12)11(13)7-6-10-4-5-10/h10-11H,2-9,13H2,1H3. The molecule has 1 saturated heterocycles. The van der Waals surface area contributed by atoms with Crippen molar-refractivity contribution in [1.29, 1.82) is 0 Å². The van der Waals surface area contributed by atoms with Crippen molar-refractivity contribution >= 4 is 0 Å². The van der Waals surface area contributed by atoms with Crippen LogP contribution in [0.25, 0.3) is 0 Å². The summed E-state index contributed by atoms with van der Waals surface area (Å²) in [5, 5.41) is 0.